The van der Waals surface area contributed by atoms with Gasteiger partial charge in [0.1, 0.15) is 40.5 Å². The van der Waals surface area contributed by atoms with Crippen LogP contribution in [0.15, 0.2) is 166 Å². The minimum atomic E-state index is -0.982. The number of aromatic nitrogens is 7. The number of aliphatic imine (C=N–C) groups is 2. The van der Waals surface area contributed by atoms with Gasteiger partial charge in [0, 0.05) is 155 Å². The number of aryl methyl sites for hydroxylation is 3. The Morgan fingerprint density at radius 2 is 1.10 bits per heavy atom. The average molecular weight is 2050 g/mol. The molecule has 0 bridgehead atoms. The predicted molar refractivity (Wildman–Crippen MR) is 603 cm³/mol. The number of carboxylic acids is 1. The van der Waals surface area contributed by atoms with Gasteiger partial charge in [0.25, 0.3) is 11.5 Å². The highest BCUT2D eigenvalue weighted by molar-refractivity contribution is 6.02. The third-order valence-corrected chi connectivity index (χ3v) is 21.2. The van der Waals surface area contributed by atoms with Crippen molar-refractivity contribution in [3.63, 3.8) is 0 Å². The number of hydrogen-bond acceptors (Lipinski definition) is 22. The van der Waals surface area contributed by atoms with Crippen LogP contribution < -0.4 is 65.8 Å². The van der Waals surface area contributed by atoms with Crippen LogP contribution in [0.25, 0.3) is 22.1 Å². The number of amides is 1. The van der Waals surface area contributed by atoms with E-state index < -0.39 is 23.5 Å². The summed E-state index contributed by atoms with van der Waals surface area (Å²) in [6, 6.07) is 23.5. The lowest BCUT2D eigenvalue weighted by Crippen LogP contribution is -2.45. The maximum atomic E-state index is 12.5. The number of carbonyl (C=O) groups excluding carboxylic acids is 7. The molecule has 0 spiro atoms. The number of aromatic hydroxyl groups is 2. The number of aliphatic carboxylic acids is 1. The van der Waals surface area contributed by atoms with Crippen molar-refractivity contribution in [2.75, 3.05) is 25.9 Å². The van der Waals surface area contributed by atoms with Crippen molar-refractivity contribution in [1.29, 1.82) is 0 Å². The molecule has 8 aromatic rings. The first-order valence-corrected chi connectivity index (χ1v) is 50.7. The number of anilines is 1. The van der Waals surface area contributed by atoms with Crippen molar-refractivity contribution in [1.82, 2.24) is 44.3 Å². The number of rotatable bonds is 31. The van der Waals surface area contributed by atoms with Gasteiger partial charge in [-0.1, -0.05) is 203 Å². The number of nitrogens with one attached hydrogen (secondary N) is 3. The van der Waals surface area contributed by atoms with Gasteiger partial charge in [0.2, 0.25) is 0 Å². The van der Waals surface area contributed by atoms with Crippen molar-refractivity contribution in [3.05, 3.63) is 190 Å². The average Bonchev–Trinajstić information content (AvgIpc) is 1.64. The number of H-pyrrole nitrogens is 1. The number of nitrogens with zero attached hydrogens (tertiary/aromatic N) is 8. The second-order valence-corrected chi connectivity index (χ2v) is 46.5. The fourth-order valence-corrected chi connectivity index (χ4v) is 13.1. The van der Waals surface area contributed by atoms with Crippen molar-refractivity contribution >= 4 is 86.2 Å². The van der Waals surface area contributed by atoms with Crippen LogP contribution in [0, 0.1) is 43.8 Å². The van der Waals surface area contributed by atoms with Crippen LogP contribution in [-0.4, -0.2) is 156 Å². The normalized spacial score (nSPS) is 12.3. The van der Waals surface area contributed by atoms with Crippen molar-refractivity contribution in [2.24, 2.45) is 96.6 Å². The van der Waals surface area contributed by atoms with E-state index in [1.54, 1.807) is 93.0 Å². The summed E-state index contributed by atoms with van der Waals surface area (Å²) in [5, 5.41) is 34.6. The molecular formula is C115H187N17O15. The number of fused-ring (bicyclic) bond motifs is 2. The van der Waals surface area contributed by atoms with Gasteiger partial charge in [0.15, 0.2) is 51.9 Å². The number of ether oxygens (including phenoxy) is 2. The summed E-state index contributed by atoms with van der Waals surface area (Å²) in [5.74, 6) is 2.36. The maximum Gasteiger partial charge on any atom is 0.332 e. The highest BCUT2D eigenvalue weighted by atomic mass is 16.5. The topological polar surface area (TPSA) is 524 Å². The first-order valence-electron chi connectivity index (χ1n) is 50.7. The predicted octanol–water partition coefficient (Wildman–Crippen LogP) is 20.9. The molecule has 0 saturated heterocycles. The number of Topliss-reactive ketones (excluding diaryl/α,β-unsaturated/α-hetero) is 6. The zero-order valence-electron chi connectivity index (χ0n) is 95.9. The second-order valence-electron chi connectivity index (χ2n) is 46.5. The van der Waals surface area contributed by atoms with E-state index in [0.29, 0.717) is 127 Å². The Morgan fingerprint density at radius 1 is 0.571 bits per heavy atom. The fraction of sp³-hybridized carbons (Fsp3) is 0.574. The quantitative estimate of drug-likeness (QED) is 0.00479. The molecule has 32 heteroatoms. The van der Waals surface area contributed by atoms with Crippen LogP contribution >= 0.6 is 0 Å². The number of allylic oxidation sites excluding steroid dienone is 4. The molecule has 3 aromatic carbocycles. The minimum Gasteiger partial charge on any atom is -0.508 e. The molecule has 0 aliphatic rings. The molecular weight excluding hydrogens is 1860 g/mol. The molecule has 8 rings (SSSR count). The molecule has 2 atom stereocenters. The van der Waals surface area contributed by atoms with Crippen LogP contribution in [0.1, 0.15) is 349 Å². The Morgan fingerprint density at radius 3 is 1.56 bits per heavy atom. The lowest BCUT2D eigenvalue weighted by Gasteiger charge is -2.23. The molecule has 0 unspecified atom stereocenters. The zero-order valence-corrected chi connectivity index (χ0v) is 95.9. The Balaban J connectivity index is 0. The van der Waals surface area contributed by atoms with Crippen LogP contribution in [-0.2, 0) is 51.0 Å². The highest BCUT2D eigenvalue weighted by Gasteiger charge is 2.31. The summed E-state index contributed by atoms with van der Waals surface area (Å²) in [5.41, 5.74) is 35.1. The Labute approximate surface area is 877 Å². The lowest BCUT2D eigenvalue weighted by atomic mass is 9.79. The van der Waals surface area contributed by atoms with E-state index in [4.69, 9.17) is 49.0 Å². The number of guanidine groups is 2. The molecule has 822 valence electrons. The van der Waals surface area contributed by atoms with Crippen LogP contribution in [0.3, 0.4) is 0 Å². The van der Waals surface area contributed by atoms with Gasteiger partial charge in [-0.25, -0.2) is 9.78 Å². The number of nitrogens with two attached hydrogens (primary N) is 6. The summed E-state index contributed by atoms with van der Waals surface area (Å²) in [7, 11) is 4.98. The number of imidazole rings is 1. The number of pyridine rings is 2. The number of phenols is 2. The molecule has 1 amide bonds. The van der Waals surface area contributed by atoms with E-state index in [2.05, 4.69) is 93.5 Å². The van der Waals surface area contributed by atoms with Gasteiger partial charge >= 0.3 is 11.7 Å². The number of benzene rings is 3. The number of ketones is 6. The van der Waals surface area contributed by atoms with Gasteiger partial charge in [-0.3, -0.25) is 72.2 Å². The van der Waals surface area contributed by atoms with Crippen LogP contribution in [0.5, 0.6) is 23.0 Å². The summed E-state index contributed by atoms with van der Waals surface area (Å²) >= 11 is 0. The molecule has 5 aromatic heterocycles. The molecule has 5 heterocycles. The Kier molecular flexibility index (Phi) is 59.4. The standard InChI is InChI=1S/C16H24N4O3.C15H21NO.C12H22O.C11H15NO2.C11H16O2.C10H22N4O2.C10H22N4O.C10H14N2O.C10H13NO.C10H18O/c1-16(2,3)11(21)8-6-7-9-20-14(22)12-13(17-10-18(12)4)19(5)15(20)23;1-15(2,3)8-4-5-11-10-16-14-7-6-12(17)9-13(11)14;1-6-7-8-9-12(4,5)11(13)10(2)3;1-11(2,3)10(14)8-5-4-7(12)6-9(8)13;1-11(2,3)13-10-8-6-5-7-9(10)12-4;1-10(2,3)14-9(12)13-6-4-5-7(11)8(15)16;1-10(2,3)8(15)7(11)5-4-6-14-9(12)13;1-10(2,3)12-9(13)8-5-4-6-11-7-8;1-10(2,3)9(12)8-5-4-6-11-7-8;1-5-6-7-8-9(11)10(2,3)4/h10H,6-9H2,1-5H3;6-7,9-10,16-17H,4-5,8H2,1-3H3;7-8,10H,6,9H2,1-5H3;4-6,13H,12H2,1-3H3;5-8H,1-4H3;7H,4-6,11H2,1-3H3,(H,15,16)(H3,12,13,14);7H,4-6,11H2,1-3H3,(H4,12,13,14);4-7H,1-3H3,(H,12,13);4-7H,1-3H3;6-7H,5,8H2,1-4H3/b;;8-7-;;;;;;;7-6-/t;;;;;2*7-;;;/m.....00.../s1. The monoisotopic (exact) mass is 2050 g/mol. The smallest absolute Gasteiger partial charge is 0.332 e. The SMILES string of the molecule is CC(C)(C)C(=O)[C@@H](N)CCCN=C(N)N.CC(C)(C)C(=O)c1ccc(N)cc1O.CC(C)(C)C(=O)c1cccnc1.CC(C)(C)CCCc1c[nH]c2ccc(O)cc12.CC(C)(C)NC(=O)c1cccnc1.CC(C)(C)NC(N)=NCCC[C@H](N)C(=O)O.CC/C=C\CC(=O)C(C)(C)C.CC/C=C\CC(C)(C)C(=O)C(C)C.COc1ccccc1OC(C)(C)C.Cn1cnc2c1c(=O)n(CCCCC(=O)C(C)(C)C)c(=O)n2C. The largest absolute Gasteiger partial charge is 0.508 e. The van der Waals surface area contributed by atoms with Crippen molar-refractivity contribution < 1.29 is 63.1 Å². The first-order chi connectivity index (χ1) is 67.3. The van der Waals surface area contributed by atoms with Gasteiger partial charge in [-0.05, 0) is 217 Å². The number of unbranched alkanes of at least 4 members (excludes halogenated alkanes) is 1. The van der Waals surface area contributed by atoms with Crippen molar-refractivity contribution in [2.45, 2.75) is 354 Å². The van der Waals surface area contributed by atoms with E-state index in [9.17, 15) is 58.2 Å². The van der Waals surface area contributed by atoms with E-state index in [1.165, 1.54) is 39.9 Å². The maximum absolute atomic E-state index is 12.5. The molecule has 147 heavy (non-hydrogen) atoms. The van der Waals surface area contributed by atoms with Crippen LogP contribution in [0.2, 0.25) is 0 Å². The fourth-order valence-electron chi connectivity index (χ4n) is 13.1. The van der Waals surface area contributed by atoms with Gasteiger partial charge in [-0.15, -0.1) is 0 Å². The number of methoxy groups -OCH3 is 1. The Bertz CT molecular complexity index is 5600. The highest BCUT2D eigenvalue weighted by Crippen LogP contribution is 2.33. The van der Waals surface area contributed by atoms with Crippen molar-refractivity contribution in [3.8, 4) is 23.0 Å². The third-order valence-electron chi connectivity index (χ3n) is 21.2. The summed E-state index contributed by atoms with van der Waals surface area (Å²) in [6.45, 7) is 66.4. The molecule has 18 N–H and O–H groups in total. The van der Waals surface area contributed by atoms with Crippen LogP contribution in [0.4, 0.5) is 5.69 Å². The Hall–Kier alpha value is -12.5. The molecule has 0 aliphatic carbocycles. The summed E-state index contributed by atoms with van der Waals surface area (Å²) in [6.07, 6.45) is 29.3. The van der Waals surface area contributed by atoms with E-state index >= 15 is 0 Å². The number of phenolic OH excluding ortho intramolecular Hbond substituents is 2. The number of aromatic amines is 1. The van der Waals surface area contributed by atoms with E-state index in [-0.39, 0.29) is 102 Å². The molecule has 0 aliphatic heterocycles. The molecule has 32 nitrogen and oxygen atoms in total. The molecule has 0 radical (unpaired) electrons. The number of nitrogen functional groups attached to an aromatic ring is 1. The minimum absolute atomic E-state index is 0.0510. The third kappa shape index (κ3) is 58.6. The summed E-state index contributed by atoms with van der Waals surface area (Å²) < 4.78 is 15.1. The molecule has 0 saturated carbocycles. The zero-order chi connectivity index (χ0) is 114. The summed E-state index contributed by atoms with van der Waals surface area (Å²) in [4.78, 5) is 140. The first kappa shape index (κ1) is 137. The lowest BCUT2D eigenvalue weighted by molar-refractivity contribution is -0.138. The second kappa shape index (κ2) is 63.9. The molecule has 0 fully saturated rings. The number of carbonyl (C=O) groups is 8. The van der Waals surface area contributed by atoms with E-state index in [1.807, 2.05) is 242 Å². The van der Waals surface area contributed by atoms with Gasteiger partial charge in [-0.2, -0.15) is 0 Å². The van der Waals surface area contributed by atoms with Gasteiger partial charge < -0.3 is 79.4 Å². The van der Waals surface area contributed by atoms with Gasteiger partial charge in [0.05, 0.1) is 30.6 Å². The number of hydrogen-bond donors (Lipinski definition) is 12. The number of carboxylic acid groups (broad SMARTS) is 1. The number of para-hydroxylation sites is 2. The van der Waals surface area contributed by atoms with E-state index in [0.717, 1.165) is 54.5 Å².